The summed E-state index contributed by atoms with van der Waals surface area (Å²) in [7, 11) is 0. The third-order valence-electron chi connectivity index (χ3n) is 4.31. The van der Waals surface area contributed by atoms with E-state index in [1.165, 1.54) is 0 Å². The van der Waals surface area contributed by atoms with Gasteiger partial charge < -0.3 is 0 Å². The highest BCUT2D eigenvalue weighted by Gasteiger charge is 2.12. The largest absolute Gasteiger partial charge is 0.290 e. The minimum Gasteiger partial charge on any atom is -0.290 e. The van der Waals surface area contributed by atoms with Gasteiger partial charge >= 0.3 is 0 Å². The first-order chi connectivity index (χ1) is 12.7. The lowest BCUT2D eigenvalue weighted by atomic mass is 10.0. The highest BCUT2D eigenvalue weighted by Crippen LogP contribution is 2.19. The lowest BCUT2D eigenvalue weighted by molar-refractivity contribution is -0.686. The quantitative estimate of drug-likeness (QED) is 0.286. The molecule has 0 bridgehead atoms. The molecule has 1 aromatic heterocycles. The monoisotopic (exact) mass is 483 g/mol. The Bertz CT molecular complexity index is 1080. The molecular formula is C22H17Br2N2O+. The van der Waals surface area contributed by atoms with E-state index in [9.17, 15) is 4.79 Å². The van der Waals surface area contributed by atoms with Gasteiger partial charge in [0.15, 0.2) is 12.2 Å². The Hall–Kier alpha value is -2.37. The molecule has 4 rings (SSSR count). The number of carbonyl (C=O) groups is 1. The predicted molar refractivity (Wildman–Crippen MR) is 116 cm³/mol. The molecule has 4 aromatic rings. The normalized spacial score (nSPS) is 10.4. The Kier molecular flexibility index (Phi) is 6.14. The van der Waals surface area contributed by atoms with Crippen LogP contribution >= 0.6 is 32.9 Å². The topological polar surface area (TPSA) is 33.8 Å². The van der Waals surface area contributed by atoms with Gasteiger partial charge in [-0.1, -0.05) is 52.3 Å². The van der Waals surface area contributed by atoms with Gasteiger partial charge in [0.2, 0.25) is 5.78 Å². The van der Waals surface area contributed by atoms with Crippen molar-refractivity contribution in [3.8, 4) is 11.3 Å². The highest BCUT2D eigenvalue weighted by molar-refractivity contribution is 9.10. The molecule has 0 spiro atoms. The third kappa shape index (κ3) is 4.49. The maximum Gasteiger partial charge on any atom is 0.287 e. The first-order valence-corrected chi connectivity index (χ1v) is 9.11. The third-order valence-corrected chi connectivity index (χ3v) is 4.84. The number of aromatic nitrogens is 2. The van der Waals surface area contributed by atoms with Gasteiger partial charge in [-0.3, -0.25) is 4.79 Å². The maximum atomic E-state index is 12.6. The molecule has 27 heavy (non-hydrogen) atoms. The second kappa shape index (κ2) is 8.55. The zero-order chi connectivity index (χ0) is 17.9. The molecular weight excluding hydrogens is 468 g/mol. The van der Waals surface area contributed by atoms with Gasteiger partial charge in [-0.05, 0) is 46.1 Å². The Morgan fingerprint density at radius 2 is 1.67 bits per heavy atom. The molecule has 0 N–H and O–H groups in total. The van der Waals surface area contributed by atoms with E-state index in [0.29, 0.717) is 5.56 Å². The molecule has 0 aliphatic carbocycles. The predicted octanol–water partition coefficient (Wildman–Crippen LogP) is 5.41. The number of Topliss-reactive ketones (excluding diaryl/α,β-unsaturated/α-hetero) is 1. The summed E-state index contributed by atoms with van der Waals surface area (Å²) in [6, 6.07) is 23.8. The zero-order valence-corrected chi connectivity index (χ0v) is 17.7. The molecule has 3 nitrogen and oxygen atoms in total. The van der Waals surface area contributed by atoms with Crippen LogP contribution in [0.2, 0.25) is 0 Å². The van der Waals surface area contributed by atoms with Crippen molar-refractivity contribution < 1.29 is 9.36 Å². The van der Waals surface area contributed by atoms with E-state index >= 15 is 0 Å². The first-order valence-electron chi connectivity index (χ1n) is 8.32. The fraction of sp³-hybridized carbons (Fsp3) is 0.0455. The molecule has 0 fully saturated rings. The van der Waals surface area contributed by atoms with Gasteiger partial charge in [-0.2, -0.15) is 0 Å². The molecule has 0 saturated heterocycles. The number of nitrogens with zero attached hydrogens (tertiary/aromatic N) is 2. The molecule has 0 aliphatic heterocycles. The molecule has 0 unspecified atom stereocenters. The summed E-state index contributed by atoms with van der Waals surface area (Å²) in [5.74, 6) is 0.0685. The summed E-state index contributed by atoms with van der Waals surface area (Å²) in [4.78, 5) is 17.1. The molecule has 0 radical (unpaired) electrons. The molecule has 0 atom stereocenters. The summed E-state index contributed by atoms with van der Waals surface area (Å²) >= 11 is 3.43. The number of ketones is 1. The average molecular weight is 485 g/mol. The van der Waals surface area contributed by atoms with Crippen LogP contribution in [-0.4, -0.2) is 10.8 Å². The number of hydrogen-bond acceptors (Lipinski definition) is 2. The summed E-state index contributed by atoms with van der Waals surface area (Å²) in [5, 5.41) is 2.21. The Morgan fingerprint density at radius 3 is 2.37 bits per heavy atom. The van der Waals surface area contributed by atoms with Crippen LogP contribution in [0.15, 0.2) is 89.8 Å². The summed E-state index contributed by atoms with van der Waals surface area (Å²) < 4.78 is 2.84. The van der Waals surface area contributed by atoms with E-state index in [2.05, 4.69) is 20.9 Å². The van der Waals surface area contributed by atoms with Crippen LogP contribution in [0.4, 0.5) is 0 Å². The summed E-state index contributed by atoms with van der Waals surface area (Å²) in [6.45, 7) is 0.270. The van der Waals surface area contributed by atoms with Gasteiger partial charge in [-0.25, -0.2) is 4.57 Å². The van der Waals surface area contributed by atoms with Gasteiger partial charge in [0.05, 0.1) is 6.20 Å². The van der Waals surface area contributed by atoms with Crippen LogP contribution in [0.5, 0.6) is 0 Å². The zero-order valence-electron chi connectivity index (χ0n) is 14.4. The smallest absolute Gasteiger partial charge is 0.287 e. The van der Waals surface area contributed by atoms with Crippen molar-refractivity contribution in [2.45, 2.75) is 6.54 Å². The van der Waals surface area contributed by atoms with Crippen LogP contribution in [0.3, 0.4) is 0 Å². The Labute approximate surface area is 176 Å². The summed E-state index contributed by atoms with van der Waals surface area (Å²) in [5.41, 5.74) is 2.64. The van der Waals surface area contributed by atoms with E-state index in [-0.39, 0.29) is 29.3 Å². The second-order valence-electron chi connectivity index (χ2n) is 6.11. The van der Waals surface area contributed by atoms with Crippen molar-refractivity contribution in [1.82, 2.24) is 4.98 Å². The van der Waals surface area contributed by atoms with Gasteiger partial charge in [0, 0.05) is 21.7 Å². The minimum atomic E-state index is 0. The van der Waals surface area contributed by atoms with E-state index in [0.717, 1.165) is 26.5 Å². The molecule has 5 heteroatoms. The minimum absolute atomic E-state index is 0. The van der Waals surface area contributed by atoms with Gasteiger partial charge in [0.1, 0.15) is 0 Å². The van der Waals surface area contributed by atoms with Crippen molar-refractivity contribution >= 4 is 49.5 Å². The molecule has 0 saturated carbocycles. The van der Waals surface area contributed by atoms with Crippen LogP contribution in [0.1, 0.15) is 10.4 Å². The van der Waals surface area contributed by atoms with Crippen LogP contribution in [0.25, 0.3) is 22.0 Å². The van der Waals surface area contributed by atoms with E-state index in [1.54, 1.807) is 10.9 Å². The number of benzene rings is 3. The number of rotatable bonds is 4. The fourth-order valence-corrected chi connectivity index (χ4v) is 3.15. The van der Waals surface area contributed by atoms with Crippen LogP contribution in [0, 0.1) is 0 Å². The highest BCUT2D eigenvalue weighted by atomic mass is 79.9. The molecule has 1 heterocycles. The molecule has 3 aromatic carbocycles. The Balaban J connectivity index is 0.00000210. The summed E-state index contributed by atoms with van der Waals surface area (Å²) in [6.07, 6.45) is 3.60. The van der Waals surface area contributed by atoms with E-state index in [1.807, 2.05) is 79.0 Å². The Morgan fingerprint density at radius 1 is 0.926 bits per heavy atom. The molecule has 0 aliphatic rings. The maximum absolute atomic E-state index is 12.6. The number of halogens is 2. The van der Waals surface area contributed by atoms with Crippen LogP contribution < -0.4 is 4.57 Å². The van der Waals surface area contributed by atoms with Crippen molar-refractivity contribution in [2.24, 2.45) is 0 Å². The molecule has 0 amide bonds. The van der Waals surface area contributed by atoms with Crippen molar-refractivity contribution in [2.75, 3.05) is 0 Å². The fourth-order valence-electron chi connectivity index (χ4n) is 2.89. The number of fused-ring (bicyclic) bond motifs is 1. The lowest BCUT2D eigenvalue weighted by Crippen LogP contribution is -2.37. The lowest BCUT2D eigenvalue weighted by Gasteiger charge is -2.03. The first kappa shape index (κ1) is 19.4. The number of carbonyl (C=O) groups excluding carboxylic acids is 1. The van der Waals surface area contributed by atoms with E-state index in [4.69, 9.17) is 0 Å². The number of hydrogen-bond donors (Lipinski definition) is 0. The van der Waals surface area contributed by atoms with Gasteiger partial charge in [0.25, 0.3) is 6.33 Å². The van der Waals surface area contributed by atoms with Crippen molar-refractivity contribution in [3.63, 3.8) is 0 Å². The standard InChI is InChI=1S/C22H16BrN2O.BrH/c23-20-9-7-17(8-10-20)21-11-12-25(15-24-21)14-22(26)19-6-5-16-3-1-2-4-18(16)13-19;/h1-13,15H,14H2;1H/q+1;. The van der Waals surface area contributed by atoms with Crippen molar-refractivity contribution in [1.29, 1.82) is 0 Å². The SMILES string of the molecule is Br.O=C(C[n+]1ccc(-c2ccc(Br)cc2)nc1)c1ccc2ccccc2c1. The van der Waals surface area contributed by atoms with Crippen LogP contribution in [-0.2, 0) is 6.54 Å². The molecule has 134 valence electrons. The second-order valence-corrected chi connectivity index (χ2v) is 7.03. The van der Waals surface area contributed by atoms with Crippen molar-refractivity contribution in [3.05, 3.63) is 95.4 Å². The van der Waals surface area contributed by atoms with Gasteiger partial charge in [-0.15, -0.1) is 17.0 Å². The van der Waals surface area contributed by atoms with E-state index < -0.39 is 0 Å². The average Bonchev–Trinajstić information content (AvgIpc) is 2.69.